The smallest absolute Gasteiger partial charge is 0.257 e. The largest absolute Gasteiger partial charge is 0.385 e. The maximum Gasteiger partial charge on any atom is 0.257 e. The summed E-state index contributed by atoms with van der Waals surface area (Å²) in [6.45, 7) is 3.21. The van der Waals surface area contributed by atoms with Crippen molar-refractivity contribution in [3.05, 3.63) is 46.0 Å². The van der Waals surface area contributed by atoms with Gasteiger partial charge in [-0.25, -0.2) is 4.98 Å². The number of nitrogens with zero attached hydrogens (tertiary/aromatic N) is 1. The second kappa shape index (κ2) is 9.10. The van der Waals surface area contributed by atoms with Crippen LogP contribution in [-0.2, 0) is 16.0 Å². The van der Waals surface area contributed by atoms with Crippen LogP contribution in [0.2, 0.25) is 0 Å². The molecule has 1 aliphatic rings. The molecule has 2 aromatic rings. The van der Waals surface area contributed by atoms with E-state index in [2.05, 4.69) is 15.6 Å². The Morgan fingerprint density at radius 3 is 2.81 bits per heavy atom. The minimum Gasteiger partial charge on any atom is -0.385 e. The standard InChI is InChI=1S/C20H25N3O3S/c1-13-7-9-14(10-8-13)18(24)23-20-22-17-15(5-3-6-16(17)27-20)19(25)21-11-4-12-26-2/h7-10,15H,3-6,11-12H2,1-2H3,(H,21,25)(H,22,23,24). The fourth-order valence-electron chi connectivity index (χ4n) is 3.15. The van der Waals surface area contributed by atoms with E-state index in [1.165, 1.54) is 11.3 Å². The predicted molar refractivity (Wildman–Crippen MR) is 106 cm³/mol. The zero-order valence-corrected chi connectivity index (χ0v) is 16.5. The zero-order chi connectivity index (χ0) is 19.2. The van der Waals surface area contributed by atoms with Crippen LogP contribution in [-0.4, -0.2) is 37.1 Å². The average Bonchev–Trinajstić information content (AvgIpc) is 3.07. The highest BCUT2D eigenvalue weighted by Gasteiger charge is 2.30. The van der Waals surface area contributed by atoms with Crippen LogP contribution >= 0.6 is 11.3 Å². The normalized spacial score (nSPS) is 15.9. The number of fused-ring (bicyclic) bond motifs is 1. The van der Waals surface area contributed by atoms with Crippen LogP contribution in [0.25, 0.3) is 0 Å². The van der Waals surface area contributed by atoms with Crippen molar-refractivity contribution < 1.29 is 14.3 Å². The van der Waals surface area contributed by atoms with Gasteiger partial charge in [0.1, 0.15) is 0 Å². The maximum atomic E-state index is 12.5. The van der Waals surface area contributed by atoms with Gasteiger partial charge in [0.15, 0.2) is 5.13 Å². The topological polar surface area (TPSA) is 80.3 Å². The Bertz CT molecular complexity index is 801. The van der Waals surface area contributed by atoms with Crippen LogP contribution < -0.4 is 10.6 Å². The molecule has 1 heterocycles. The van der Waals surface area contributed by atoms with Crippen molar-refractivity contribution in [1.29, 1.82) is 0 Å². The van der Waals surface area contributed by atoms with E-state index in [9.17, 15) is 9.59 Å². The van der Waals surface area contributed by atoms with Gasteiger partial charge in [-0.2, -0.15) is 0 Å². The number of hydrogen-bond acceptors (Lipinski definition) is 5. The molecule has 27 heavy (non-hydrogen) atoms. The zero-order valence-electron chi connectivity index (χ0n) is 15.7. The lowest BCUT2D eigenvalue weighted by atomic mass is 9.90. The number of benzene rings is 1. The Morgan fingerprint density at radius 1 is 1.30 bits per heavy atom. The number of nitrogens with one attached hydrogen (secondary N) is 2. The number of methoxy groups -OCH3 is 1. The number of thiazole rings is 1. The molecule has 1 aromatic heterocycles. The fraction of sp³-hybridized carbons (Fsp3) is 0.450. The van der Waals surface area contributed by atoms with Crippen LogP contribution in [0.1, 0.15) is 51.7 Å². The van der Waals surface area contributed by atoms with E-state index in [4.69, 9.17) is 4.74 Å². The van der Waals surface area contributed by atoms with Crippen LogP contribution in [0.5, 0.6) is 0 Å². The first-order valence-corrected chi connectivity index (χ1v) is 10.0. The highest BCUT2D eigenvalue weighted by molar-refractivity contribution is 7.15. The quantitative estimate of drug-likeness (QED) is 0.715. The lowest BCUT2D eigenvalue weighted by Crippen LogP contribution is -2.32. The number of rotatable bonds is 7. The molecule has 2 amide bonds. The van der Waals surface area contributed by atoms with Crippen molar-refractivity contribution >= 4 is 28.3 Å². The Morgan fingerprint density at radius 2 is 2.07 bits per heavy atom. The Kier molecular flexibility index (Phi) is 6.58. The highest BCUT2D eigenvalue weighted by Crippen LogP contribution is 2.37. The molecule has 0 fully saturated rings. The van der Waals surface area contributed by atoms with Gasteiger partial charge in [-0.1, -0.05) is 17.7 Å². The SMILES string of the molecule is COCCCNC(=O)C1CCCc2sc(NC(=O)c3ccc(C)cc3)nc21. The van der Waals surface area contributed by atoms with Crippen LogP contribution in [0, 0.1) is 6.92 Å². The van der Waals surface area contributed by atoms with E-state index < -0.39 is 0 Å². The summed E-state index contributed by atoms with van der Waals surface area (Å²) in [7, 11) is 1.65. The van der Waals surface area contributed by atoms with Crippen molar-refractivity contribution in [2.45, 2.75) is 38.5 Å². The summed E-state index contributed by atoms with van der Waals surface area (Å²) in [4.78, 5) is 30.6. The average molecular weight is 388 g/mol. The van der Waals surface area contributed by atoms with Gasteiger partial charge in [0.05, 0.1) is 11.6 Å². The van der Waals surface area contributed by atoms with Gasteiger partial charge in [-0.3, -0.25) is 14.9 Å². The third kappa shape index (κ3) is 4.93. The molecule has 0 radical (unpaired) electrons. The lowest BCUT2D eigenvalue weighted by molar-refractivity contribution is -0.123. The number of aryl methyl sites for hydroxylation is 2. The summed E-state index contributed by atoms with van der Waals surface area (Å²) in [6.07, 6.45) is 3.44. The van der Waals surface area contributed by atoms with Crippen LogP contribution in [0.4, 0.5) is 5.13 Å². The molecule has 0 saturated heterocycles. The maximum absolute atomic E-state index is 12.5. The first-order valence-electron chi connectivity index (χ1n) is 9.22. The van der Waals surface area contributed by atoms with E-state index in [1.807, 2.05) is 19.1 Å². The summed E-state index contributed by atoms with van der Waals surface area (Å²) in [5.74, 6) is -0.409. The van der Waals surface area contributed by atoms with Crippen molar-refractivity contribution in [3.63, 3.8) is 0 Å². The molecule has 1 unspecified atom stereocenters. The number of ether oxygens (including phenoxy) is 1. The van der Waals surface area contributed by atoms with Gasteiger partial charge in [-0.05, 0) is 44.7 Å². The third-order valence-corrected chi connectivity index (χ3v) is 5.68. The van der Waals surface area contributed by atoms with Gasteiger partial charge in [-0.15, -0.1) is 11.3 Å². The molecule has 0 aliphatic heterocycles. The Labute approximate surface area is 163 Å². The summed E-state index contributed by atoms with van der Waals surface area (Å²) < 4.78 is 5.01. The molecule has 1 aliphatic carbocycles. The molecule has 0 saturated carbocycles. The lowest BCUT2D eigenvalue weighted by Gasteiger charge is -2.20. The molecular formula is C20H25N3O3S. The predicted octanol–water partition coefficient (Wildman–Crippen LogP) is 3.28. The Balaban J connectivity index is 1.67. The third-order valence-electron chi connectivity index (χ3n) is 4.63. The molecule has 0 spiro atoms. The number of anilines is 1. The fourth-order valence-corrected chi connectivity index (χ4v) is 4.21. The number of amides is 2. The van der Waals surface area contributed by atoms with Crippen LogP contribution in [0.15, 0.2) is 24.3 Å². The minimum atomic E-state index is -0.238. The molecule has 1 atom stereocenters. The van der Waals surface area contributed by atoms with Gasteiger partial charge >= 0.3 is 0 Å². The number of carbonyl (C=O) groups excluding carboxylic acids is 2. The monoisotopic (exact) mass is 387 g/mol. The molecule has 2 N–H and O–H groups in total. The first-order chi connectivity index (χ1) is 13.1. The number of carbonyl (C=O) groups is 2. The van der Waals surface area contributed by atoms with E-state index in [-0.39, 0.29) is 17.7 Å². The second-order valence-corrected chi connectivity index (χ2v) is 7.81. The summed E-state index contributed by atoms with van der Waals surface area (Å²) in [5.41, 5.74) is 2.52. The van der Waals surface area contributed by atoms with Crippen LogP contribution in [0.3, 0.4) is 0 Å². The molecule has 3 rings (SSSR count). The number of aromatic nitrogens is 1. The summed E-state index contributed by atoms with van der Waals surface area (Å²) in [6, 6.07) is 7.42. The Hall–Kier alpha value is -2.25. The first kappa shape index (κ1) is 19.5. The van der Waals surface area contributed by atoms with Gasteiger partial charge in [0.2, 0.25) is 5.91 Å². The van der Waals surface area contributed by atoms with Gasteiger partial charge < -0.3 is 10.1 Å². The van der Waals surface area contributed by atoms with Crippen molar-refractivity contribution in [3.8, 4) is 0 Å². The number of hydrogen-bond donors (Lipinski definition) is 2. The summed E-state index contributed by atoms with van der Waals surface area (Å²) in [5, 5.41) is 6.40. The highest BCUT2D eigenvalue weighted by atomic mass is 32.1. The van der Waals surface area contributed by atoms with E-state index in [0.717, 1.165) is 41.8 Å². The minimum absolute atomic E-state index is 0.00811. The molecule has 0 bridgehead atoms. The van der Waals surface area contributed by atoms with Crippen molar-refractivity contribution in [2.75, 3.05) is 25.6 Å². The van der Waals surface area contributed by atoms with Gasteiger partial charge in [0.25, 0.3) is 5.91 Å². The molecule has 6 nitrogen and oxygen atoms in total. The van der Waals surface area contributed by atoms with E-state index in [1.54, 1.807) is 19.2 Å². The van der Waals surface area contributed by atoms with Crippen molar-refractivity contribution in [2.24, 2.45) is 0 Å². The van der Waals surface area contributed by atoms with E-state index >= 15 is 0 Å². The summed E-state index contributed by atoms with van der Waals surface area (Å²) >= 11 is 1.47. The van der Waals surface area contributed by atoms with Crippen molar-refractivity contribution in [1.82, 2.24) is 10.3 Å². The molecule has 144 valence electrons. The van der Waals surface area contributed by atoms with Gasteiger partial charge in [0, 0.05) is 30.7 Å². The van der Waals surface area contributed by atoms with E-state index in [0.29, 0.717) is 23.8 Å². The second-order valence-electron chi connectivity index (χ2n) is 6.73. The molecule has 7 heteroatoms. The molecular weight excluding hydrogens is 362 g/mol. The molecule has 1 aromatic carbocycles.